The van der Waals surface area contributed by atoms with Crippen LogP contribution in [-0.4, -0.2) is 0 Å². The van der Waals surface area contributed by atoms with Gasteiger partial charge in [0.05, 0.1) is 0 Å². The van der Waals surface area contributed by atoms with Crippen molar-refractivity contribution in [2.75, 3.05) is 0 Å². The molecule has 0 rings (SSSR count). The van der Waals surface area contributed by atoms with Crippen molar-refractivity contribution in [3.63, 3.8) is 0 Å². The van der Waals surface area contributed by atoms with Gasteiger partial charge in [-0.1, -0.05) is 0 Å². The van der Waals surface area contributed by atoms with E-state index in [2.05, 4.69) is 0 Å². The van der Waals surface area contributed by atoms with Gasteiger partial charge in [-0.25, -0.2) is 0 Å². The van der Waals surface area contributed by atoms with Gasteiger partial charge in [0.25, 0.3) is 0 Å². The summed E-state index contributed by atoms with van der Waals surface area (Å²) in [5, 5.41) is 0. The SMILES string of the molecule is [Au].[Mo].[Pt].[Ti]. The average Bonchev–Trinajstić information content (AvgIpc) is 0. The molecule has 0 saturated carbocycles. The van der Waals surface area contributed by atoms with Crippen LogP contribution >= 0.6 is 0 Å². The smallest absolute Gasteiger partial charge is 0 e. The maximum absolute atomic E-state index is 0. The normalized spacial score (nSPS) is 0. The van der Waals surface area contributed by atoms with Crippen molar-refractivity contribution in [1.82, 2.24) is 0 Å². The van der Waals surface area contributed by atoms with E-state index in [0.717, 1.165) is 0 Å². The van der Waals surface area contributed by atoms with Crippen molar-refractivity contribution >= 4 is 0 Å². The summed E-state index contributed by atoms with van der Waals surface area (Å²) < 4.78 is 0. The van der Waals surface area contributed by atoms with Gasteiger partial charge in [-0.3, -0.25) is 0 Å². The fraction of sp³-hybridized carbons (Fsp3) is 0. The standard InChI is InChI=1S/Au.Mo.Pt.Ti. The first-order valence-electron chi connectivity index (χ1n) is 0. The first-order valence-corrected chi connectivity index (χ1v) is 0. The quantitative estimate of drug-likeness (QED) is 0.383. The van der Waals surface area contributed by atoms with Gasteiger partial charge >= 0.3 is 0 Å². The maximum atomic E-state index is 0. The van der Waals surface area contributed by atoms with E-state index < -0.39 is 0 Å². The van der Waals surface area contributed by atoms with Crippen molar-refractivity contribution in [3.05, 3.63) is 0 Å². The molecule has 0 bridgehead atoms. The van der Waals surface area contributed by atoms with E-state index in [1.807, 2.05) is 0 Å². The topological polar surface area (TPSA) is 0 Å². The third-order valence-electron chi connectivity index (χ3n) is 0. The molecule has 0 aliphatic carbocycles. The predicted molar refractivity (Wildman–Crippen MR) is 0 cm³/mol. The molecule has 0 aliphatic rings. The van der Waals surface area contributed by atoms with Gasteiger partial charge in [0, 0.05) is 86.2 Å². The zero-order valence-corrected chi connectivity index (χ0v) is 9.53. The minimum absolute atomic E-state index is 0. The largest absolute Gasteiger partial charge is 0 e. The summed E-state index contributed by atoms with van der Waals surface area (Å²) in [6, 6.07) is 0. The minimum Gasteiger partial charge on any atom is 0 e. The molecule has 0 N–H and O–H groups in total. The maximum Gasteiger partial charge on any atom is 0 e. The first-order chi connectivity index (χ1) is 0. The molecule has 0 aromatic rings. The molecule has 0 heterocycles. The Morgan fingerprint density at radius 2 is 1.00 bits per heavy atom. The third kappa shape index (κ3) is 8.85. The van der Waals surface area contributed by atoms with Gasteiger partial charge < -0.3 is 0 Å². The summed E-state index contributed by atoms with van der Waals surface area (Å²) in [4.78, 5) is 0. The van der Waals surface area contributed by atoms with Gasteiger partial charge in [0.1, 0.15) is 0 Å². The Labute approximate surface area is 84.8 Å². The van der Waals surface area contributed by atoms with Crippen LogP contribution in [0.25, 0.3) is 0 Å². The second kappa shape index (κ2) is 17.0. The molecule has 0 atom stereocenters. The van der Waals surface area contributed by atoms with E-state index in [1.165, 1.54) is 0 Å². The predicted octanol–water partition coefficient (Wildman–Crippen LogP) is -0.0100. The molecule has 0 unspecified atom stereocenters. The zero-order valence-electron chi connectivity index (χ0n) is 1.53. The fourth-order valence-corrected chi connectivity index (χ4v) is 0. The van der Waals surface area contributed by atoms with E-state index in [1.54, 1.807) is 0 Å². The second-order valence-corrected chi connectivity index (χ2v) is 0. The molecule has 0 aliphatic heterocycles. The van der Waals surface area contributed by atoms with Crippen LogP contribution in [0.5, 0.6) is 0 Å². The van der Waals surface area contributed by atoms with Crippen LogP contribution in [0, 0.1) is 0 Å². The van der Waals surface area contributed by atoms with Crippen LogP contribution < -0.4 is 0 Å². The number of hydrogen-bond acceptors (Lipinski definition) is 0. The summed E-state index contributed by atoms with van der Waals surface area (Å²) in [6.07, 6.45) is 0. The minimum atomic E-state index is 0. The summed E-state index contributed by atoms with van der Waals surface area (Å²) in [5.41, 5.74) is 0. The Kier molecular flexibility index (Phi) is 123. The van der Waals surface area contributed by atoms with E-state index in [9.17, 15) is 0 Å². The van der Waals surface area contributed by atoms with Crippen molar-refractivity contribution in [2.45, 2.75) is 0 Å². The fourth-order valence-electron chi connectivity index (χ4n) is 0. The molecule has 0 amide bonds. The molecular formula is AuMoPtTi. The molecule has 0 spiro atoms. The summed E-state index contributed by atoms with van der Waals surface area (Å²) in [5.74, 6) is 0. The Morgan fingerprint density at radius 1 is 1.00 bits per heavy atom. The Bertz CT molecular complexity index is 8.00. The zero-order chi connectivity index (χ0) is 0. The Balaban J connectivity index is 0. The Hall–Kier alpha value is 2.83. The number of hydrogen-bond donors (Lipinski definition) is 0. The van der Waals surface area contributed by atoms with Gasteiger partial charge in [-0.15, -0.1) is 0 Å². The number of rotatable bonds is 0. The second-order valence-electron chi connectivity index (χ2n) is 0. The molecule has 0 aromatic heterocycles. The van der Waals surface area contributed by atoms with E-state index in [4.69, 9.17) is 0 Å². The van der Waals surface area contributed by atoms with Crippen LogP contribution in [0.15, 0.2) is 0 Å². The van der Waals surface area contributed by atoms with Crippen LogP contribution in [0.4, 0.5) is 0 Å². The van der Waals surface area contributed by atoms with E-state index in [0.29, 0.717) is 0 Å². The van der Waals surface area contributed by atoms with Gasteiger partial charge in [-0.2, -0.15) is 0 Å². The molecule has 4 heavy (non-hydrogen) atoms. The summed E-state index contributed by atoms with van der Waals surface area (Å²) in [6.45, 7) is 0. The van der Waals surface area contributed by atoms with Crippen molar-refractivity contribution in [3.8, 4) is 0 Å². The Morgan fingerprint density at radius 3 is 1.00 bits per heavy atom. The molecule has 31 valence electrons. The van der Waals surface area contributed by atoms with Crippen LogP contribution in [0.1, 0.15) is 0 Å². The molecule has 0 saturated heterocycles. The van der Waals surface area contributed by atoms with Crippen LogP contribution in [0.3, 0.4) is 0 Å². The molecule has 4 heteroatoms. The van der Waals surface area contributed by atoms with Crippen LogP contribution in [0.2, 0.25) is 0 Å². The van der Waals surface area contributed by atoms with Gasteiger partial charge in [0.2, 0.25) is 0 Å². The molecule has 0 fully saturated rings. The molecular weight excluding hydrogens is 536 g/mol. The molecule has 1 radical (unpaired) electrons. The third-order valence-corrected chi connectivity index (χ3v) is 0. The van der Waals surface area contributed by atoms with Crippen molar-refractivity contribution in [2.24, 2.45) is 0 Å². The first kappa shape index (κ1) is 29.0. The van der Waals surface area contributed by atoms with Gasteiger partial charge in [0.15, 0.2) is 0 Å². The van der Waals surface area contributed by atoms with E-state index >= 15 is 0 Å². The van der Waals surface area contributed by atoms with Gasteiger partial charge in [-0.05, 0) is 0 Å². The summed E-state index contributed by atoms with van der Waals surface area (Å²) >= 11 is 0. The summed E-state index contributed by atoms with van der Waals surface area (Å²) in [7, 11) is 0. The average molecular weight is 536 g/mol. The molecule has 0 aromatic carbocycles. The van der Waals surface area contributed by atoms with Crippen LogP contribution in [-0.2, 0) is 86.2 Å². The van der Waals surface area contributed by atoms with Crippen molar-refractivity contribution in [1.29, 1.82) is 0 Å². The van der Waals surface area contributed by atoms with E-state index in [-0.39, 0.29) is 86.2 Å². The van der Waals surface area contributed by atoms with Crippen molar-refractivity contribution < 1.29 is 86.2 Å². The monoisotopic (exact) mass is 538 g/mol. The molecule has 0 nitrogen and oxygen atoms in total.